The second-order valence-corrected chi connectivity index (χ2v) is 6.99. The molecule has 0 saturated heterocycles. The molecule has 3 rings (SSSR count). The van der Waals surface area contributed by atoms with Crippen molar-refractivity contribution in [3.05, 3.63) is 39.0 Å². The van der Waals surface area contributed by atoms with Crippen molar-refractivity contribution in [3.8, 4) is 5.82 Å². The van der Waals surface area contributed by atoms with Crippen molar-refractivity contribution >= 4 is 22.8 Å². The van der Waals surface area contributed by atoms with Gasteiger partial charge in [0, 0.05) is 18.3 Å². The fourth-order valence-electron chi connectivity index (χ4n) is 2.67. The van der Waals surface area contributed by atoms with Crippen LogP contribution in [0.2, 0.25) is 0 Å². The Bertz CT molecular complexity index is 1050. The molecule has 0 saturated carbocycles. The lowest BCUT2D eigenvalue weighted by Crippen LogP contribution is -2.29. The van der Waals surface area contributed by atoms with Crippen molar-refractivity contribution in [3.63, 3.8) is 0 Å². The van der Waals surface area contributed by atoms with Gasteiger partial charge in [0.15, 0.2) is 16.6 Å². The summed E-state index contributed by atoms with van der Waals surface area (Å²) >= 11 is 1.40. The molecule has 0 unspecified atom stereocenters. The topological polar surface area (TPSA) is 87.6 Å². The number of hydrogen-bond acceptors (Lipinski definition) is 6. The molecule has 0 N–H and O–H groups in total. The number of hydrogen-bond donors (Lipinski definition) is 0. The maximum atomic E-state index is 12.8. The van der Waals surface area contributed by atoms with Crippen LogP contribution in [0.3, 0.4) is 0 Å². The van der Waals surface area contributed by atoms with Crippen LogP contribution in [0.4, 0.5) is 0 Å². The molecular weight excluding hydrogens is 340 g/mol. The summed E-state index contributed by atoms with van der Waals surface area (Å²) in [7, 11) is 0. The molecule has 0 bridgehead atoms. The summed E-state index contributed by atoms with van der Waals surface area (Å²) in [5.41, 5.74) is 0.120. The molecule has 0 aliphatic rings. The minimum atomic E-state index is -0.187. The molecule has 0 spiro atoms. The molecule has 8 nitrogen and oxygen atoms in total. The molecule has 9 heteroatoms. The van der Waals surface area contributed by atoms with Gasteiger partial charge in [-0.05, 0) is 40.0 Å². The lowest BCUT2D eigenvalue weighted by Gasteiger charge is -2.16. The minimum Gasteiger partial charge on any atom is -0.268 e. The van der Waals surface area contributed by atoms with Crippen LogP contribution in [-0.4, -0.2) is 35.4 Å². The van der Waals surface area contributed by atoms with E-state index >= 15 is 0 Å². The molecular formula is C16H20N6O2S. The molecule has 132 valence electrons. The van der Waals surface area contributed by atoms with Gasteiger partial charge >= 0.3 is 0 Å². The van der Waals surface area contributed by atoms with Crippen LogP contribution in [0.5, 0.6) is 0 Å². The van der Waals surface area contributed by atoms with E-state index in [1.165, 1.54) is 22.5 Å². The van der Waals surface area contributed by atoms with E-state index in [1.807, 2.05) is 34.0 Å². The fourth-order valence-corrected chi connectivity index (χ4v) is 3.00. The molecule has 25 heavy (non-hydrogen) atoms. The van der Waals surface area contributed by atoms with Crippen molar-refractivity contribution in [1.29, 1.82) is 0 Å². The summed E-state index contributed by atoms with van der Waals surface area (Å²) < 4.78 is 4.65. The van der Waals surface area contributed by atoms with Crippen molar-refractivity contribution in [2.24, 2.45) is 0 Å². The zero-order chi connectivity index (χ0) is 18.3. The third kappa shape index (κ3) is 2.88. The predicted octanol–water partition coefficient (Wildman–Crippen LogP) is 2.02. The molecule has 3 aromatic rings. The second kappa shape index (κ2) is 6.47. The Kier molecular flexibility index (Phi) is 4.51. The van der Waals surface area contributed by atoms with E-state index in [2.05, 4.69) is 15.1 Å². The summed E-state index contributed by atoms with van der Waals surface area (Å²) in [4.78, 5) is 33.5. The van der Waals surface area contributed by atoms with Gasteiger partial charge < -0.3 is 0 Å². The van der Waals surface area contributed by atoms with E-state index in [9.17, 15) is 9.59 Å². The summed E-state index contributed by atoms with van der Waals surface area (Å²) in [6.45, 7) is 7.60. The van der Waals surface area contributed by atoms with E-state index in [1.54, 1.807) is 21.6 Å². The molecule has 0 aliphatic carbocycles. The molecule has 0 atom stereocenters. The van der Waals surface area contributed by atoms with Gasteiger partial charge in [-0.15, -0.1) is 5.10 Å². The SMILES string of the molecule is CSc1ncc2c(=O)n(C(C)C)n(-c3ccc(=O)n(C(C)C)n3)c2n1. The highest BCUT2D eigenvalue weighted by Crippen LogP contribution is 2.19. The molecule has 0 aliphatic heterocycles. The van der Waals surface area contributed by atoms with E-state index in [0.29, 0.717) is 22.0 Å². The maximum absolute atomic E-state index is 12.8. The van der Waals surface area contributed by atoms with Gasteiger partial charge in [0.1, 0.15) is 5.39 Å². The Morgan fingerprint density at radius 2 is 1.80 bits per heavy atom. The Balaban J connectivity index is 2.42. The fraction of sp³-hybridized carbons (Fsp3) is 0.438. The average Bonchev–Trinajstić information content (AvgIpc) is 2.87. The van der Waals surface area contributed by atoms with Gasteiger partial charge in [0.25, 0.3) is 11.1 Å². The molecule has 0 amide bonds. The number of rotatable bonds is 4. The van der Waals surface area contributed by atoms with Gasteiger partial charge in [-0.2, -0.15) is 0 Å². The van der Waals surface area contributed by atoms with E-state index in [4.69, 9.17) is 0 Å². The summed E-state index contributed by atoms with van der Waals surface area (Å²) in [5.74, 6) is 0.472. The van der Waals surface area contributed by atoms with Crippen LogP contribution < -0.4 is 11.1 Å². The number of nitrogens with zero attached hydrogens (tertiary/aromatic N) is 6. The first kappa shape index (κ1) is 17.4. The molecule has 0 radical (unpaired) electrons. The van der Waals surface area contributed by atoms with Crippen LogP contribution >= 0.6 is 11.8 Å². The highest BCUT2D eigenvalue weighted by Gasteiger charge is 2.20. The van der Waals surface area contributed by atoms with Crippen LogP contribution in [0.25, 0.3) is 16.9 Å². The largest absolute Gasteiger partial charge is 0.278 e. The lowest BCUT2D eigenvalue weighted by molar-refractivity contribution is 0.449. The van der Waals surface area contributed by atoms with Crippen LogP contribution in [0, 0.1) is 0 Å². The zero-order valence-corrected chi connectivity index (χ0v) is 15.6. The molecule has 0 aromatic carbocycles. The van der Waals surface area contributed by atoms with Gasteiger partial charge in [0.05, 0.1) is 6.04 Å². The van der Waals surface area contributed by atoms with Gasteiger partial charge in [-0.1, -0.05) is 11.8 Å². The predicted molar refractivity (Wildman–Crippen MR) is 97.7 cm³/mol. The second-order valence-electron chi connectivity index (χ2n) is 6.22. The highest BCUT2D eigenvalue weighted by atomic mass is 32.2. The van der Waals surface area contributed by atoms with Gasteiger partial charge in [-0.25, -0.2) is 24.0 Å². The molecule has 3 heterocycles. The number of aromatic nitrogens is 6. The third-order valence-electron chi connectivity index (χ3n) is 3.79. The number of fused-ring (bicyclic) bond motifs is 1. The quantitative estimate of drug-likeness (QED) is 0.522. The molecule has 0 fully saturated rings. The standard InChI is InChI=1S/C16H20N6O2S/c1-9(2)20-13(23)7-6-12(19-20)22-14-11(8-17-16(18-14)25-5)15(24)21(22)10(3)4/h6-10H,1-5H3. The Morgan fingerprint density at radius 1 is 1.08 bits per heavy atom. The van der Waals surface area contributed by atoms with E-state index in [-0.39, 0.29) is 23.2 Å². The van der Waals surface area contributed by atoms with Crippen molar-refractivity contribution in [2.75, 3.05) is 6.26 Å². The number of thioether (sulfide) groups is 1. The Morgan fingerprint density at radius 3 is 2.40 bits per heavy atom. The monoisotopic (exact) mass is 360 g/mol. The van der Waals surface area contributed by atoms with Gasteiger partial charge in [0.2, 0.25) is 0 Å². The lowest BCUT2D eigenvalue weighted by atomic mass is 10.4. The first-order chi connectivity index (χ1) is 11.8. The smallest absolute Gasteiger partial charge is 0.268 e. The van der Waals surface area contributed by atoms with Crippen LogP contribution in [0.15, 0.2) is 33.1 Å². The van der Waals surface area contributed by atoms with Gasteiger partial charge in [-0.3, -0.25) is 9.59 Å². The van der Waals surface area contributed by atoms with Crippen molar-refractivity contribution < 1.29 is 0 Å². The third-order valence-corrected chi connectivity index (χ3v) is 4.35. The minimum absolute atomic E-state index is 0.0927. The van der Waals surface area contributed by atoms with E-state index < -0.39 is 0 Å². The van der Waals surface area contributed by atoms with E-state index in [0.717, 1.165) is 0 Å². The summed E-state index contributed by atoms with van der Waals surface area (Å²) in [5, 5.41) is 5.44. The molecule has 3 aromatic heterocycles. The highest BCUT2D eigenvalue weighted by molar-refractivity contribution is 7.98. The first-order valence-corrected chi connectivity index (χ1v) is 9.22. The maximum Gasteiger partial charge on any atom is 0.278 e. The Hall–Kier alpha value is -2.42. The zero-order valence-electron chi connectivity index (χ0n) is 14.8. The van der Waals surface area contributed by atoms with Crippen molar-refractivity contribution in [2.45, 2.75) is 44.9 Å². The summed E-state index contributed by atoms with van der Waals surface area (Å²) in [6, 6.07) is 2.87. The normalized spacial score (nSPS) is 11.8. The average molecular weight is 360 g/mol. The van der Waals surface area contributed by atoms with Crippen LogP contribution in [0.1, 0.15) is 39.8 Å². The first-order valence-electron chi connectivity index (χ1n) is 7.99. The summed E-state index contributed by atoms with van der Waals surface area (Å²) in [6.07, 6.45) is 3.42. The van der Waals surface area contributed by atoms with Crippen LogP contribution in [-0.2, 0) is 0 Å². The van der Waals surface area contributed by atoms with Crippen molar-refractivity contribution in [1.82, 2.24) is 29.1 Å². The Labute approximate surface area is 148 Å².